The number of alkyl halides is 3. The van der Waals surface area contributed by atoms with Gasteiger partial charge in [-0.2, -0.15) is 8.78 Å². The maximum atomic E-state index is 13.7. The smallest absolute Gasteiger partial charge is 0.321 e. The first-order chi connectivity index (χ1) is 20.1. The van der Waals surface area contributed by atoms with Crippen molar-refractivity contribution in [3.63, 3.8) is 0 Å². The van der Waals surface area contributed by atoms with Gasteiger partial charge in [-0.25, -0.2) is 15.0 Å². The Morgan fingerprint density at radius 1 is 1.17 bits per heavy atom. The van der Waals surface area contributed by atoms with Crippen LogP contribution in [0.15, 0.2) is 55.0 Å². The summed E-state index contributed by atoms with van der Waals surface area (Å²) in [6.45, 7) is 0.380. The van der Waals surface area contributed by atoms with Crippen LogP contribution >= 0.6 is 22.6 Å². The lowest BCUT2D eigenvalue weighted by Gasteiger charge is -2.29. The average Bonchev–Trinajstić information content (AvgIpc) is 3.37. The Morgan fingerprint density at radius 3 is 2.69 bits per heavy atom. The molecule has 4 N–H and O–H groups in total. The molecular weight excluding hydrogens is 659 g/mol. The molecule has 42 heavy (non-hydrogen) atoms. The summed E-state index contributed by atoms with van der Waals surface area (Å²) in [6.07, 6.45) is 8.53. The Kier molecular flexibility index (Phi) is 8.96. The molecule has 0 radical (unpaired) electrons. The lowest BCUT2D eigenvalue weighted by atomic mass is 9.85. The van der Waals surface area contributed by atoms with Gasteiger partial charge in [0.25, 0.3) is 5.91 Å². The molecule has 13 heteroatoms. The molecule has 0 bridgehead atoms. The minimum absolute atomic E-state index is 0.0276. The summed E-state index contributed by atoms with van der Waals surface area (Å²) in [7, 11) is 1.57. The number of carbonyl (C=O) groups is 2. The molecule has 0 unspecified atom stereocenters. The molecule has 0 aliphatic heterocycles. The zero-order valence-electron chi connectivity index (χ0n) is 22.8. The van der Waals surface area contributed by atoms with Crippen molar-refractivity contribution in [3.05, 3.63) is 71.9 Å². The van der Waals surface area contributed by atoms with Crippen molar-refractivity contribution >= 4 is 51.6 Å². The normalized spacial score (nSPS) is 17.2. The molecule has 220 valence electrons. The molecule has 1 aliphatic carbocycles. The number of carbonyl (C=O) groups excluding carboxylic acids is 2. The number of ether oxygens (including phenoxy) is 1. The van der Waals surface area contributed by atoms with E-state index in [-0.39, 0.29) is 29.2 Å². The van der Waals surface area contributed by atoms with Crippen LogP contribution in [0.3, 0.4) is 0 Å². The summed E-state index contributed by atoms with van der Waals surface area (Å²) in [5.41, 5.74) is 8.42. The van der Waals surface area contributed by atoms with E-state index >= 15 is 0 Å². The standard InChI is InChI=1S/C29H30F2IN7O3/c1-42-14-10-23(40)36-21-4-2-3-19(15-21)27-38-24(25-26(33)35-12-13-39(25)27)17-5-7-18(8-6-17)28(41)37-22-16-20(9-11-34-22)29(30,31)32/h5-9,11-13,16,19,21H,2-4,10,14-15H2,1H3,(H2,33,35)(H,36,40)(H,34,37,41)/t19-,21-/m1/s1. The molecule has 1 aliphatic rings. The number of rotatable bonds is 9. The van der Waals surface area contributed by atoms with Crippen LogP contribution in [0.5, 0.6) is 0 Å². The first-order valence-corrected chi connectivity index (χ1v) is 14.6. The van der Waals surface area contributed by atoms with Crippen molar-refractivity contribution in [2.75, 3.05) is 24.8 Å². The number of imidazole rings is 1. The average molecular weight is 690 g/mol. The molecule has 0 saturated heterocycles. The number of methoxy groups -OCH3 is 1. The summed E-state index contributed by atoms with van der Waals surface area (Å²) >= 11 is 1.03. The van der Waals surface area contributed by atoms with E-state index in [1.807, 2.05) is 10.6 Å². The van der Waals surface area contributed by atoms with E-state index < -0.39 is 9.84 Å². The highest BCUT2D eigenvalue weighted by Crippen LogP contribution is 2.37. The van der Waals surface area contributed by atoms with Crippen molar-refractivity contribution < 1.29 is 23.1 Å². The molecule has 3 aromatic heterocycles. The van der Waals surface area contributed by atoms with Crippen LogP contribution in [0.2, 0.25) is 0 Å². The predicted octanol–water partition coefficient (Wildman–Crippen LogP) is 5.29. The van der Waals surface area contributed by atoms with Gasteiger partial charge in [-0.15, -0.1) is 0 Å². The summed E-state index contributed by atoms with van der Waals surface area (Å²) in [5, 5.41) is 5.69. The zero-order valence-corrected chi connectivity index (χ0v) is 25.0. The highest BCUT2D eigenvalue weighted by atomic mass is 127. The third-order valence-corrected chi connectivity index (χ3v) is 7.92. The number of anilines is 2. The van der Waals surface area contributed by atoms with Gasteiger partial charge >= 0.3 is 3.93 Å². The number of hydrogen-bond acceptors (Lipinski definition) is 7. The number of nitrogens with one attached hydrogen (secondary N) is 2. The summed E-state index contributed by atoms with van der Waals surface area (Å²) < 4.78 is 31.2. The number of aromatic nitrogens is 4. The van der Waals surface area contributed by atoms with E-state index in [1.165, 1.54) is 12.3 Å². The van der Waals surface area contributed by atoms with Crippen LogP contribution in [0.1, 0.15) is 59.8 Å². The van der Waals surface area contributed by atoms with Gasteiger partial charge in [-0.1, -0.05) is 18.6 Å². The zero-order chi connectivity index (χ0) is 29.9. The minimum Gasteiger partial charge on any atom is -0.384 e. The van der Waals surface area contributed by atoms with Gasteiger partial charge in [0, 0.05) is 83.4 Å². The summed E-state index contributed by atoms with van der Waals surface area (Å²) in [5.74, 6) is 0.775. The molecule has 5 rings (SSSR count). The van der Waals surface area contributed by atoms with Crippen LogP contribution in [0.4, 0.5) is 20.4 Å². The molecular formula is C29H30F2IN7O3. The lowest BCUT2D eigenvalue weighted by Crippen LogP contribution is -2.38. The third-order valence-electron chi connectivity index (χ3n) is 7.30. The highest BCUT2D eigenvalue weighted by molar-refractivity contribution is 14.1. The lowest BCUT2D eigenvalue weighted by molar-refractivity contribution is -0.122. The number of hydrogen-bond donors (Lipinski definition) is 3. The number of nitrogens with zero attached hydrogens (tertiary/aromatic N) is 4. The number of fused-ring (bicyclic) bond motifs is 1. The largest absolute Gasteiger partial charge is 0.384 e. The maximum Gasteiger partial charge on any atom is 0.321 e. The van der Waals surface area contributed by atoms with Gasteiger partial charge in [-0.05, 0) is 43.5 Å². The Morgan fingerprint density at radius 2 is 1.95 bits per heavy atom. The van der Waals surface area contributed by atoms with Crippen LogP contribution in [-0.2, 0) is 13.5 Å². The summed E-state index contributed by atoms with van der Waals surface area (Å²) in [6, 6.07) is 9.17. The van der Waals surface area contributed by atoms with Crippen LogP contribution in [0, 0.1) is 0 Å². The molecule has 4 aromatic rings. The van der Waals surface area contributed by atoms with Gasteiger partial charge in [0.15, 0.2) is 0 Å². The van der Waals surface area contributed by atoms with Crippen LogP contribution in [-0.4, -0.2) is 50.9 Å². The van der Waals surface area contributed by atoms with Gasteiger partial charge < -0.3 is 21.1 Å². The summed E-state index contributed by atoms with van der Waals surface area (Å²) in [4.78, 5) is 38.4. The Labute approximate surface area is 254 Å². The van der Waals surface area contributed by atoms with E-state index in [1.54, 1.807) is 37.6 Å². The molecule has 0 spiro atoms. The number of pyridine rings is 1. The van der Waals surface area contributed by atoms with Crippen molar-refractivity contribution in [1.29, 1.82) is 0 Å². The van der Waals surface area contributed by atoms with E-state index in [2.05, 4.69) is 20.6 Å². The monoisotopic (exact) mass is 689 g/mol. The molecule has 1 saturated carbocycles. The maximum absolute atomic E-state index is 13.7. The Hall–Kier alpha value is -3.72. The second-order valence-corrected chi connectivity index (χ2v) is 11.5. The van der Waals surface area contributed by atoms with E-state index in [0.29, 0.717) is 35.6 Å². The molecule has 3 heterocycles. The van der Waals surface area contributed by atoms with Crippen molar-refractivity contribution in [2.24, 2.45) is 0 Å². The molecule has 10 nitrogen and oxygen atoms in total. The van der Waals surface area contributed by atoms with Gasteiger partial charge in [0.05, 0.1) is 6.61 Å². The van der Waals surface area contributed by atoms with Gasteiger partial charge in [0.1, 0.15) is 28.7 Å². The van der Waals surface area contributed by atoms with Crippen LogP contribution in [0.25, 0.3) is 16.8 Å². The molecule has 2 atom stereocenters. The number of nitrogen functional groups attached to an aromatic ring is 1. The second kappa shape index (κ2) is 12.7. The second-order valence-electron chi connectivity index (χ2n) is 10.2. The molecule has 2 amide bonds. The first-order valence-electron chi connectivity index (χ1n) is 13.5. The Bertz CT molecular complexity index is 1590. The van der Waals surface area contributed by atoms with Crippen molar-refractivity contribution in [1.82, 2.24) is 24.7 Å². The molecule has 1 aromatic carbocycles. The van der Waals surface area contributed by atoms with Gasteiger partial charge in [0.2, 0.25) is 5.91 Å². The van der Waals surface area contributed by atoms with E-state index in [9.17, 15) is 18.4 Å². The fourth-order valence-electron chi connectivity index (χ4n) is 5.27. The van der Waals surface area contributed by atoms with Crippen LogP contribution < -0.4 is 16.4 Å². The molecule has 1 fully saturated rings. The minimum atomic E-state index is -3.08. The highest BCUT2D eigenvalue weighted by Gasteiger charge is 2.30. The SMILES string of the molecule is COCCC(=O)N[C@@H]1CCC[C@@H](c2nc(-c3ccc(C(=O)Nc4cc(C(F)(F)I)ccn4)cc3)c3c(N)nccn23)C1. The van der Waals surface area contributed by atoms with E-state index in [0.717, 1.165) is 65.7 Å². The first kappa shape index (κ1) is 29.8. The van der Waals surface area contributed by atoms with Crippen molar-refractivity contribution in [2.45, 2.75) is 48.0 Å². The fourth-order valence-corrected chi connectivity index (χ4v) is 5.61. The topological polar surface area (TPSA) is 137 Å². The van der Waals surface area contributed by atoms with E-state index in [4.69, 9.17) is 15.5 Å². The Balaban J connectivity index is 1.37. The quantitative estimate of drug-likeness (QED) is 0.161. The number of amides is 2. The number of halogens is 3. The van der Waals surface area contributed by atoms with Crippen molar-refractivity contribution in [3.8, 4) is 11.3 Å². The fraction of sp³-hybridized carbons (Fsp3) is 0.345. The number of nitrogens with two attached hydrogens (primary N) is 1. The third kappa shape index (κ3) is 6.67. The predicted molar refractivity (Wildman–Crippen MR) is 163 cm³/mol. The number of benzene rings is 1. The van der Waals surface area contributed by atoms with Gasteiger partial charge in [-0.3, -0.25) is 14.0 Å².